The molecule has 1 N–H and O–H groups in total. The van der Waals surface area contributed by atoms with Crippen molar-refractivity contribution in [3.63, 3.8) is 0 Å². The molecule has 0 unspecified atom stereocenters. The third kappa shape index (κ3) is 4.29. The summed E-state index contributed by atoms with van der Waals surface area (Å²) in [6.07, 6.45) is 1.41. The van der Waals surface area contributed by atoms with E-state index in [0.717, 1.165) is 23.3 Å². The molecule has 0 aliphatic rings. The number of amides is 1. The monoisotopic (exact) mass is 381 g/mol. The third-order valence-electron chi connectivity index (χ3n) is 4.08. The number of pyridine rings is 1. The number of aryl methyl sites for hydroxylation is 1. The van der Waals surface area contributed by atoms with Gasteiger partial charge in [-0.05, 0) is 30.7 Å². The minimum absolute atomic E-state index is 0.0783. The predicted molar refractivity (Wildman–Crippen MR) is 102 cm³/mol. The zero-order valence-corrected chi connectivity index (χ0v) is 14.9. The molecule has 1 amide bonds. The number of nitrogens with one attached hydrogen (secondary N) is 1. The summed E-state index contributed by atoms with van der Waals surface area (Å²) >= 11 is 0. The number of nitro benzene ring substituents is 1. The molecular weight excluding hydrogens is 365 g/mol. The van der Waals surface area contributed by atoms with E-state index < -0.39 is 22.3 Å². The summed E-state index contributed by atoms with van der Waals surface area (Å²) in [6.45, 7) is 2.24. The lowest BCUT2D eigenvalue weighted by atomic mass is 10.1. The first-order valence-corrected chi connectivity index (χ1v) is 8.35. The Bertz CT molecular complexity index is 1120. The van der Waals surface area contributed by atoms with Crippen molar-refractivity contribution in [1.29, 1.82) is 0 Å². The lowest BCUT2D eigenvalue weighted by Crippen LogP contribution is -2.22. The first-order valence-electron chi connectivity index (χ1n) is 8.35. The van der Waals surface area contributed by atoms with Crippen molar-refractivity contribution in [1.82, 2.24) is 4.57 Å². The van der Waals surface area contributed by atoms with Crippen LogP contribution in [-0.2, 0) is 6.54 Å². The lowest BCUT2D eigenvalue weighted by molar-refractivity contribution is -0.387. The second-order valence-corrected chi connectivity index (χ2v) is 6.25. The van der Waals surface area contributed by atoms with E-state index in [2.05, 4.69) is 5.32 Å². The highest BCUT2D eigenvalue weighted by Gasteiger charge is 2.16. The minimum Gasteiger partial charge on any atom is -0.322 e. The Morgan fingerprint density at radius 3 is 2.68 bits per heavy atom. The van der Waals surface area contributed by atoms with Gasteiger partial charge in [-0.3, -0.25) is 19.7 Å². The van der Waals surface area contributed by atoms with Gasteiger partial charge in [0.2, 0.25) is 5.82 Å². The van der Waals surface area contributed by atoms with Gasteiger partial charge in [0.1, 0.15) is 0 Å². The Balaban J connectivity index is 1.84. The number of aromatic nitrogens is 1. The smallest absolute Gasteiger partial charge is 0.306 e. The summed E-state index contributed by atoms with van der Waals surface area (Å²) in [4.78, 5) is 34.5. The number of benzene rings is 2. The number of halogens is 1. The highest BCUT2D eigenvalue weighted by atomic mass is 19.1. The largest absolute Gasteiger partial charge is 0.322 e. The van der Waals surface area contributed by atoms with E-state index in [1.54, 1.807) is 0 Å². The first-order chi connectivity index (χ1) is 13.3. The Morgan fingerprint density at radius 1 is 1.18 bits per heavy atom. The Labute approximate surface area is 159 Å². The van der Waals surface area contributed by atoms with Gasteiger partial charge < -0.3 is 9.88 Å². The summed E-state index contributed by atoms with van der Waals surface area (Å²) < 4.78 is 14.8. The van der Waals surface area contributed by atoms with Gasteiger partial charge in [-0.1, -0.05) is 29.8 Å². The van der Waals surface area contributed by atoms with Crippen LogP contribution >= 0.6 is 0 Å². The van der Waals surface area contributed by atoms with Crippen molar-refractivity contribution >= 4 is 17.3 Å². The molecule has 0 spiro atoms. The Kier molecular flexibility index (Phi) is 5.30. The van der Waals surface area contributed by atoms with Gasteiger partial charge in [0.15, 0.2) is 0 Å². The van der Waals surface area contributed by atoms with Crippen LogP contribution in [0.25, 0.3) is 0 Å². The maximum absolute atomic E-state index is 13.4. The molecule has 1 heterocycles. The molecule has 7 nitrogen and oxygen atoms in total. The summed E-state index contributed by atoms with van der Waals surface area (Å²) in [5.74, 6) is -1.56. The molecule has 28 heavy (non-hydrogen) atoms. The van der Waals surface area contributed by atoms with Gasteiger partial charge in [-0.25, -0.2) is 0 Å². The number of hydrogen-bond donors (Lipinski definition) is 1. The Hall–Kier alpha value is -3.81. The summed E-state index contributed by atoms with van der Waals surface area (Å²) in [7, 11) is 0. The van der Waals surface area contributed by atoms with Crippen molar-refractivity contribution < 1.29 is 14.1 Å². The highest BCUT2D eigenvalue weighted by Crippen LogP contribution is 2.22. The van der Waals surface area contributed by atoms with Gasteiger partial charge in [0.05, 0.1) is 17.0 Å². The zero-order valence-electron chi connectivity index (χ0n) is 14.9. The number of nitrogens with zero attached hydrogens (tertiary/aromatic N) is 2. The first kappa shape index (κ1) is 19.0. The molecule has 0 aliphatic heterocycles. The predicted octanol–water partition coefficient (Wildman–Crippen LogP) is 3.50. The lowest BCUT2D eigenvalue weighted by Gasteiger charge is -2.10. The van der Waals surface area contributed by atoms with Crippen LogP contribution in [-0.4, -0.2) is 15.4 Å². The second kappa shape index (κ2) is 7.83. The molecule has 0 aliphatic carbocycles. The standard InChI is InChI=1S/C20H16FN3O4/c1-13-3-2-4-14(9-13)11-23-12-15(5-8-19(23)25)20(26)22-16-6-7-17(21)18(10-16)24(27)28/h2-10,12H,11H2,1H3,(H,22,26). The molecule has 3 aromatic rings. The molecule has 0 saturated carbocycles. The number of hydrogen-bond acceptors (Lipinski definition) is 4. The van der Waals surface area contributed by atoms with Gasteiger partial charge >= 0.3 is 5.69 Å². The highest BCUT2D eigenvalue weighted by molar-refractivity contribution is 6.04. The molecule has 0 bridgehead atoms. The molecular formula is C20H16FN3O4. The maximum Gasteiger partial charge on any atom is 0.306 e. The summed E-state index contributed by atoms with van der Waals surface area (Å²) in [5, 5.41) is 13.3. The van der Waals surface area contributed by atoms with E-state index in [0.29, 0.717) is 6.54 Å². The van der Waals surface area contributed by atoms with Crippen LogP contribution in [0.3, 0.4) is 0 Å². The number of rotatable bonds is 5. The molecule has 0 fully saturated rings. The van der Waals surface area contributed by atoms with E-state index in [1.807, 2.05) is 31.2 Å². The average Bonchev–Trinajstić information content (AvgIpc) is 2.65. The summed E-state index contributed by atoms with van der Waals surface area (Å²) in [6, 6.07) is 13.4. The fourth-order valence-corrected chi connectivity index (χ4v) is 2.73. The van der Waals surface area contributed by atoms with Crippen LogP contribution in [0.15, 0.2) is 65.6 Å². The van der Waals surface area contributed by atoms with Crippen LogP contribution in [0.5, 0.6) is 0 Å². The normalized spacial score (nSPS) is 10.5. The van der Waals surface area contributed by atoms with Crippen LogP contribution in [0.1, 0.15) is 21.5 Å². The second-order valence-electron chi connectivity index (χ2n) is 6.25. The number of carbonyl (C=O) groups is 1. The van der Waals surface area contributed by atoms with Gasteiger partial charge in [-0.15, -0.1) is 0 Å². The molecule has 3 rings (SSSR count). The van der Waals surface area contributed by atoms with E-state index in [1.165, 1.54) is 29.0 Å². The van der Waals surface area contributed by atoms with Crippen molar-refractivity contribution in [2.24, 2.45) is 0 Å². The molecule has 0 saturated heterocycles. The van der Waals surface area contributed by atoms with Crippen molar-refractivity contribution in [3.05, 3.63) is 104 Å². The molecule has 2 aromatic carbocycles. The average molecular weight is 381 g/mol. The number of anilines is 1. The van der Waals surface area contributed by atoms with E-state index in [4.69, 9.17) is 0 Å². The van der Waals surface area contributed by atoms with Crippen molar-refractivity contribution in [3.8, 4) is 0 Å². The molecule has 1 aromatic heterocycles. The quantitative estimate of drug-likeness (QED) is 0.541. The molecule has 0 radical (unpaired) electrons. The molecule has 8 heteroatoms. The number of carbonyl (C=O) groups excluding carboxylic acids is 1. The third-order valence-corrected chi connectivity index (χ3v) is 4.08. The van der Waals surface area contributed by atoms with E-state index in [9.17, 15) is 24.1 Å². The van der Waals surface area contributed by atoms with E-state index in [-0.39, 0.29) is 16.8 Å². The van der Waals surface area contributed by atoms with Crippen LogP contribution < -0.4 is 10.9 Å². The minimum atomic E-state index is -0.991. The SMILES string of the molecule is Cc1cccc(Cn2cc(C(=O)Nc3ccc(F)c([N+](=O)[O-])c3)ccc2=O)c1. The van der Waals surface area contributed by atoms with Crippen molar-refractivity contribution in [2.45, 2.75) is 13.5 Å². The van der Waals surface area contributed by atoms with Crippen molar-refractivity contribution in [2.75, 3.05) is 5.32 Å². The Morgan fingerprint density at radius 2 is 1.96 bits per heavy atom. The molecule has 142 valence electrons. The fraction of sp³-hybridized carbons (Fsp3) is 0.100. The van der Waals surface area contributed by atoms with Crippen LogP contribution in [0.4, 0.5) is 15.8 Å². The van der Waals surface area contributed by atoms with Crippen LogP contribution in [0, 0.1) is 22.9 Å². The molecule has 0 atom stereocenters. The van der Waals surface area contributed by atoms with Crippen LogP contribution in [0.2, 0.25) is 0 Å². The summed E-state index contributed by atoms with van der Waals surface area (Å²) in [5.41, 5.74) is 1.23. The van der Waals surface area contributed by atoms with Gasteiger partial charge in [-0.2, -0.15) is 4.39 Å². The van der Waals surface area contributed by atoms with E-state index >= 15 is 0 Å². The maximum atomic E-state index is 13.4. The van der Waals surface area contributed by atoms with Gasteiger partial charge in [0.25, 0.3) is 11.5 Å². The number of nitro groups is 1. The zero-order chi connectivity index (χ0) is 20.3. The van der Waals surface area contributed by atoms with Gasteiger partial charge in [0, 0.05) is 24.0 Å². The fourth-order valence-electron chi connectivity index (χ4n) is 2.73. The topological polar surface area (TPSA) is 94.2 Å².